The quantitative estimate of drug-likeness (QED) is 0.591. The summed E-state index contributed by atoms with van der Waals surface area (Å²) in [5.74, 6) is -0.570. The Kier molecular flexibility index (Phi) is 11.2. The first kappa shape index (κ1) is 28.1. The van der Waals surface area contributed by atoms with Crippen LogP contribution in [0.4, 0.5) is 13.2 Å². The van der Waals surface area contributed by atoms with Crippen LogP contribution in [0.25, 0.3) is 0 Å². The second-order valence-electron chi connectivity index (χ2n) is 7.95. The van der Waals surface area contributed by atoms with Gasteiger partial charge in [-0.15, -0.1) is 38.0 Å². The van der Waals surface area contributed by atoms with Crippen molar-refractivity contribution in [2.45, 2.75) is 56.9 Å². The van der Waals surface area contributed by atoms with Crippen molar-refractivity contribution in [3.63, 3.8) is 0 Å². The molecule has 1 saturated carbocycles. The summed E-state index contributed by atoms with van der Waals surface area (Å²) in [5, 5.41) is 14.8. The summed E-state index contributed by atoms with van der Waals surface area (Å²) in [5.41, 5.74) is -0.262. The molecule has 180 valence electrons. The molecule has 0 bridgehead atoms. The zero-order chi connectivity index (χ0) is 20.9. The lowest BCUT2D eigenvalue weighted by Gasteiger charge is -2.42. The lowest BCUT2D eigenvalue weighted by Crippen LogP contribution is -2.49. The largest absolute Gasteiger partial charge is 0.573 e. The number of ether oxygens (including phenoxy) is 2. The normalized spacial score (nSPS) is 20.2. The van der Waals surface area contributed by atoms with Crippen LogP contribution in [0.5, 0.6) is 11.5 Å². The van der Waals surface area contributed by atoms with Gasteiger partial charge in [-0.1, -0.05) is 25.3 Å². The number of rotatable bonds is 7. The maximum atomic E-state index is 13.0. The molecule has 10 heteroatoms. The number of nitrogens with one attached hydrogen (secondary N) is 1. The van der Waals surface area contributed by atoms with E-state index in [1.54, 1.807) is 13.0 Å². The van der Waals surface area contributed by atoms with Gasteiger partial charge in [0.25, 0.3) is 0 Å². The van der Waals surface area contributed by atoms with Gasteiger partial charge in [-0.2, -0.15) is 0 Å². The molecule has 2 aliphatic rings. The van der Waals surface area contributed by atoms with Crippen LogP contribution in [-0.4, -0.2) is 61.3 Å². The fourth-order valence-corrected chi connectivity index (χ4v) is 4.47. The molecule has 0 radical (unpaired) electrons. The smallest absolute Gasteiger partial charge is 0.490 e. The minimum atomic E-state index is -4.81. The van der Waals surface area contributed by atoms with E-state index in [4.69, 9.17) is 4.74 Å². The molecule has 0 amide bonds. The van der Waals surface area contributed by atoms with Crippen molar-refractivity contribution >= 4 is 24.8 Å². The number of benzene rings is 1. The summed E-state index contributed by atoms with van der Waals surface area (Å²) in [6.45, 7) is 6.02. The van der Waals surface area contributed by atoms with E-state index >= 15 is 0 Å². The van der Waals surface area contributed by atoms with Crippen LogP contribution in [0.1, 0.15) is 50.5 Å². The molecule has 3 rings (SSSR count). The first-order chi connectivity index (χ1) is 13.8. The summed E-state index contributed by atoms with van der Waals surface area (Å²) in [7, 11) is 0. The molecule has 31 heavy (non-hydrogen) atoms. The highest BCUT2D eigenvalue weighted by Gasteiger charge is 2.40. The zero-order valence-corrected chi connectivity index (χ0v) is 19.4. The third-order valence-electron chi connectivity index (χ3n) is 5.91. The maximum absolute atomic E-state index is 13.0. The van der Waals surface area contributed by atoms with Gasteiger partial charge >= 0.3 is 6.36 Å². The van der Waals surface area contributed by atoms with Gasteiger partial charge in [-0.3, -0.25) is 0 Å². The fourth-order valence-electron chi connectivity index (χ4n) is 4.47. The van der Waals surface area contributed by atoms with Gasteiger partial charge in [0, 0.05) is 38.6 Å². The van der Waals surface area contributed by atoms with Crippen LogP contribution in [0.2, 0.25) is 0 Å². The van der Waals surface area contributed by atoms with Gasteiger partial charge < -0.3 is 24.8 Å². The Balaban J connectivity index is 0.00000240. The number of nitrogens with zero attached hydrogens (tertiary/aromatic N) is 1. The van der Waals surface area contributed by atoms with Crippen molar-refractivity contribution in [1.29, 1.82) is 0 Å². The molecule has 2 fully saturated rings. The van der Waals surface area contributed by atoms with E-state index in [1.165, 1.54) is 12.1 Å². The standard InChI is InChI=1S/C21H31F3N2O3.2ClH/c1-2-28-18-7-6-16(14-19(18)29-21(22,23)24)17(15-26-12-10-25-11-13-26)20(27)8-4-3-5-9-20;;/h6-7,14,17,25,27H,2-5,8-13,15H2,1H3;2*1H. The summed E-state index contributed by atoms with van der Waals surface area (Å²) >= 11 is 0. The molecule has 1 saturated heterocycles. The van der Waals surface area contributed by atoms with Crippen LogP contribution < -0.4 is 14.8 Å². The van der Waals surface area contributed by atoms with Gasteiger partial charge in [-0.05, 0) is 37.5 Å². The highest BCUT2D eigenvalue weighted by molar-refractivity contribution is 5.85. The molecule has 1 heterocycles. The van der Waals surface area contributed by atoms with Crippen molar-refractivity contribution in [2.75, 3.05) is 39.3 Å². The van der Waals surface area contributed by atoms with E-state index in [0.717, 1.165) is 45.4 Å². The van der Waals surface area contributed by atoms with Crippen LogP contribution >= 0.6 is 24.8 Å². The molecular weight excluding hydrogens is 456 g/mol. The Bertz CT molecular complexity index is 668. The second kappa shape index (κ2) is 12.3. The Labute approximate surface area is 194 Å². The van der Waals surface area contributed by atoms with Crippen LogP contribution in [0, 0.1) is 0 Å². The van der Waals surface area contributed by atoms with E-state index in [-0.39, 0.29) is 48.8 Å². The van der Waals surface area contributed by atoms with Gasteiger partial charge in [0.05, 0.1) is 12.2 Å². The van der Waals surface area contributed by atoms with Gasteiger partial charge in [0.15, 0.2) is 11.5 Å². The molecule has 1 atom stereocenters. The fraction of sp³-hybridized carbons (Fsp3) is 0.714. The summed E-state index contributed by atoms with van der Waals surface area (Å²) in [6, 6.07) is 4.70. The molecule has 0 aromatic heterocycles. The molecular formula is C21H33Cl2F3N2O3. The number of halogens is 5. The summed E-state index contributed by atoms with van der Waals surface area (Å²) in [6.07, 6.45) is -0.553. The molecule has 0 spiro atoms. The number of aliphatic hydroxyl groups is 1. The highest BCUT2D eigenvalue weighted by Crippen LogP contribution is 2.43. The van der Waals surface area contributed by atoms with E-state index in [2.05, 4.69) is 15.0 Å². The van der Waals surface area contributed by atoms with E-state index in [0.29, 0.717) is 24.9 Å². The Hall–Kier alpha value is -0.930. The lowest BCUT2D eigenvalue weighted by atomic mass is 9.72. The molecule has 1 aliphatic heterocycles. The lowest BCUT2D eigenvalue weighted by molar-refractivity contribution is -0.275. The number of hydrogen-bond acceptors (Lipinski definition) is 5. The van der Waals surface area contributed by atoms with Crippen LogP contribution in [-0.2, 0) is 0 Å². The molecule has 1 aromatic carbocycles. The van der Waals surface area contributed by atoms with Crippen LogP contribution in [0.3, 0.4) is 0 Å². The van der Waals surface area contributed by atoms with Crippen molar-refractivity contribution in [3.05, 3.63) is 23.8 Å². The third-order valence-corrected chi connectivity index (χ3v) is 5.91. The van der Waals surface area contributed by atoms with E-state index in [1.807, 2.05) is 0 Å². The molecule has 1 aliphatic carbocycles. The topological polar surface area (TPSA) is 54.0 Å². The minimum Gasteiger partial charge on any atom is -0.490 e. The third kappa shape index (κ3) is 7.86. The first-order valence-electron chi connectivity index (χ1n) is 10.5. The Morgan fingerprint density at radius 1 is 1.10 bits per heavy atom. The second-order valence-corrected chi connectivity index (χ2v) is 7.95. The number of piperazine rings is 1. The zero-order valence-electron chi connectivity index (χ0n) is 17.7. The Morgan fingerprint density at radius 3 is 2.32 bits per heavy atom. The molecule has 2 N–H and O–H groups in total. The first-order valence-corrected chi connectivity index (χ1v) is 10.5. The average molecular weight is 489 g/mol. The maximum Gasteiger partial charge on any atom is 0.573 e. The monoisotopic (exact) mass is 488 g/mol. The van der Waals surface area contributed by atoms with Gasteiger partial charge in [0.1, 0.15) is 0 Å². The van der Waals surface area contributed by atoms with Crippen molar-refractivity contribution in [3.8, 4) is 11.5 Å². The Morgan fingerprint density at radius 2 is 1.74 bits per heavy atom. The van der Waals surface area contributed by atoms with E-state index < -0.39 is 12.0 Å². The van der Waals surface area contributed by atoms with Gasteiger partial charge in [-0.25, -0.2) is 0 Å². The highest BCUT2D eigenvalue weighted by atomic mass is 35.5. The van der Waals surface area contributed by atoms with Crippen molar-refractivity contribution in [2.24, 2.45) is 0 Å². The van der Waals surface area contributed by atoms with Crippen LogP contribution in [0.15, 0.2) is 18.2 Å². The van der Waals surface area contributed by atoms with Gasteiger partial charge in [0.2, 0.25) is 0 Å². The predicted octanol–water partition coefficient (Wildman–Crippen LogP) is 4.51. The van der Waals surface area contributed by atoms with Crippen molar-refractivity contribution < 1.29 is 27.8 Å². The minimum absolute atomic E-state index is 0. The molecule has 1 aromatic rings. The molecule has 5 nitrogen and oxygen atoms in total. The predicted molar refractivity (Wildman–Crippen MR) is 119 cm³/mol. The SMILES string of the molecule is CCOc1ccc(C(CN2CCNCC2)C2(O)CCCCC2)cc1OC(F)(F)F.Cl.Cl. The number of alkyl halides is 3. The van der Waals surface area contributed by atoms with Crippen molar-refractivity contribution in [1.82, 2.24) is 10.2 Å². The molecule has 1 unspecified atom stereocenters. The van der Waals surface area contributed by atoms with E-state index in [9.17, 15) is 18.3 Å². The summed E-state index contributed by atoms with van der Waals surface area (Å²) in [4.78, 5) is 2.27. The average Bonchev–Trinajstić information content (AvgIpc) is 2.68. The summed E-state index contributed by atoms with van der Waals surface area (Å²) < 4.78 is 48.5. The number of hydrogen-bond donors (Lipinski definition) is 2.